The van der Waals surface area contributed by atoms with Crippen molar-refractivity contribution in [3.63, 3.8) is 0 Å². The number of hydrogen-bond donors (Lipinski definition) is 0. The fourth-order valence-corrected chi connectivity index (χ4v) is 2.63. The van der Waals surface area contributed by atoms with E-state index in [1.807, 2.05) is 48.5 Å². The standard InChI is InChI=1S/C20H17NO2/c1-15(22)10-13-20(23)21-14-18-8-3-2-6-16(18)11-12-17-7-4-5-9-19(17)21/h2-9H,10,13-14H2,1H3. The highest BCUT2D eigenvalue weighted by molar-refractivity contribution is 5.96. The van der Waals surface area contributed by atoms with Crippen LogP contribution < -0.4 is 4.90 Å². The van der Waals surface area contributed by atoms with E-state index in [1.54, 1.807) is 4.90 Å². The minimum Gasteiger partial charge on any atom is -0.307 e. The van der Waals surface area contributed by atoms with Crippen molar-refractivity contribution in [1.29, 1.82) is 0 Å². The second kappa shape index (κ2) is 6.50. The number of ketones is 1. The maximum Gasteiger partial charge on any atom is 0.227 e. The summed E-state index contributed by atoms with van der Waals surface area (Å²) < 4.78 is 0. The third-order valence-electron chi connectivity index (χ3n) is 3.86. The van der Waals surface area contributed by atoms with Gasteiger partial charge in [0.05, 0.1) is 12.2 Å². The summed E-state index contributed by atoms with van der Waals surface area (Å²) in [6, 6.07) is 15.5. The first-order valence-electron chi connectivity index (χ1n) is 7.64. The van der Waals surface area contributed by atoms with E-state index in [9.17, 15) is 9.59 Å². The Kier molecular flexibility index (Phi) is 4.25. The topological polar surface area (TPSA) is 37.4 Å². The quantitative estimate of drug-likeness (QED) is 0.816. The van der Waals surface area contributed by atoms with Gasteiger partial charge in [0.1, 0.15) is 5.78 Å². The number of fused-ring (bicyclic) bond motifs is 2. The van der Waals surface area contributed by atoms with Crippen LogP contribution in [0.2, 0.25) is 0 Å². The summed E-state index contributed by atoms with van der Waals surface area (Å²) in [5.41, 5.74) is 3.60. The van der Waals surface area contributed by atoms with Crippen LogP contribution in [0.3, 0.4) is 0 Å². The van der Waals surface area contributed by atoms with Crippen molar-refractivity contribution < 1.29 is 9.59 Å². The maximum atomic E-state index is 12.7. The number of Topliss-reactive ketones (excluding diaryl/α,β-unsaturated/α-hetero) is 1. The molecule has 2 aromatic rings. The van der Waals surface area contributed by atoms with Gasteiger partial charge < -0.3 is 9.69 Å². The van der Waals surface area contributed by atoms with E-state index in [-0.39, 0.29) is 24.5 Å². The highest BCUT2D eigenvalue weighted by Crippen LogP contribution is 2.26. The normalized spacial score (nSPS) is 12.1. The summed E-state index contributed by atoms with van der Waals surface area (Å²) in [6.45, 7) is 1.98. The smallest absolute Gasteiger partial charge is 0.227 e. The predicted molar refractivity (Wildman–Crippen MR) is 90.0 cm³/mol. The van der Waals surface area contributed by atoms with E-state index in [1.165, 1.54) is 6.92 Å². The van der Waals surface area contributed by atoms with Crippen LogP contribution in [0.15, 0.2) is 48.5 Å². The number of benzene rings is 2. The maximum absolute atomic E-state index is 12.7. The number of para-hydroxylation sites is 1. The molecule has 3 nitrogen and oxygen atoms in total. The molecule has 0 unspecified atom stereocenters. The van der Waals surface area contributed by atoms with Crippen molar-refractivity contribution in [2.75, 3.05) is 4.90 Å². The molecule has 2 aromatic carbocycles. The Balaban J connectivity index is 2.04. The largest absolute Gasteiger partial charge is 0.307 e. The van der Waals surface area contributed by atoms with Crippen LogP contribution in [-0.2, 0) is 16.1 Å². The van der Waals surface area contributed by atoms with Crippen LogP contribution >= 0.6 is 0 Å². The van der Waals surface area contributed by atoms with E-state index in [4.69, 9.17) is 0 Å². The van der Waals surface area contributed by atoms with Gasteiger partial charge in [-0.3, -0.25) is 4.79 Å². The SMILES string of the molecule is CC(=O)CCC(=O)N1Cc2ccccc2C#Cc2ccccc21. The van der Waals surface area contributed by atoms with Gasteiger partial charge >= 0.3 is 0 Å². The summed E-state index contributed by atoms with van der Waals surface area (Å²) in [5.74, 6) is 6.33. The molecular formula is C20H17NO2. The molecule has 1 aliphatic rings. The third kappa shape index (κ3) is 3.32. The molecular weight excluding hydrogens is 286 g/mol. The Hall–Kier alpha value is -2.86. The highest BCUT2D eigenvalue weighted by Gasteiger charge is 2.21. The van der Waals surface area contributed by atoms with Crippen LogP contribution in [0.1, 0.15) is 36.5 Å². The molecule has 23 heavy (non-hydrogen) atoms. The molecule has 0 radical (unpaired) electrons. The molecule has 0 aromatic heterocycles. The zero-order valence-electron chi connectivity index (χ0n) is 13.0. The van der Waals surface area contributed by atoms with Crippen molar-refractivity contribution in [3.05, 3.63) is 65.2 Å². The number of hydrogen-bond acceptors (Lipinski definition) is 2. The van der Waals surface area contributed by atoms with Gasteiger partial charge in [-0.2, -0.15) is 0 Å². The van der Waals surface area contributed by atoms with Gasteiger partial charge in [0.2, 0.25) is 5.91 Å². The Bertz CT molecular complexity index is 827. The van der Waals surface area contributed by atoms with Gasteiger partial charge in [0.25, 0.3) is 0 Å². The average Bonchev–Trinajstić information content (AvgIpc) is 2.55. The lowest BCUT2D eigenvalue weighted by atomic mass is 10.0. The Morgan fingerprint density at radius 1 is 0.957 bits per heavy atom. The van der Waals surface area contributed by atoms with E-state index >= 15 is 0 Å². The highest BCUT2D eigenvalue weighted by atomic mass is 16.2. The summed E-state index contributed by atoms with van der Waals surface area (Å²) in [4.78, 5) is 25.6. The van der Waals surface area contributed by atoms with Gasteiger partial charge in [-0.25, -0.2) is 0 Å². The number of nitrogens with zero attached hydrogens (tertiary/aromatic N) is 1. The fraction of sp³-hybridized carbons (Fsp3) is 0.200. The summed E-state index contributed by atoms with van der Waals surface area (Å²) >= 11 is 0. The van der Waals surface area contributed by atoms with Crippen LogP contribution in [0.25, 0.3) is 0 Å². The average molecular weight is 303 g/mol. The molecule has 1 aliphatic heterocycles. The van der Waals surface area contributed by atoms with E-state index < -0.39 is 0 Å². The van der Waals surface area contributed by atoms with Crippen LogP contribution in [0, 0.1) is 11.8 Å². The van der Waals surface area contributed by atoms with Crippen LogP contribution in [-0.4, -0.2) is 11.7 Å². The van der Waals surface area contributed by atoms with E-state index in [0.717, 1.165) is 22.4 Å². The summed E-state index contributed by atoms with van der Waals surface area (Å²) in [7, 11) is 0. The minimum absolute atomic E-state index is 0.0267. The number of carbonyl (C=O) groups excluding carboxylic acids is 2. The lowest BCUT2D eigenvalue weighted by molar-refractivity contribution is -0.123. The number of anilines is 1. The van der Waals surface area contributed by atoms with Gasteiger partial charge in [-0.1, -0.05) is 42.2 Å². The number of rotatable bonds is 3. The van der Waals surface area contributed by atoms with Crippen molar-refractivity contribution in [1.82, 2.24) is 0 Å². The first-order valence-corrected chi connectivity index (χ1v) is 7.64. The van der Waals surface area contributed by atoms with Crippen molar-refractivity contribution in [2.45, 2.75) is 26.3 Å². The Morgan fingerprint density at radius 2 is 1.61 bits per heavy atom. The van der Waals surface area contributed by atoms with Gasteiger partial charge in [0, 0.05) is 24.0 Å². The molecule has 0 spiro atoms. The molecule has 0 N–H and O–H groups in total. The molecule has 0 aliphatic carbocycles. The molecule has 3 heteroatoms. The van der Waals surface area contributed by atoms with E-state index in [2.05, 4.69) is 11.8 Å². The molecule has 3 rings (SSSR count). The molecule has 0 saturated carbocycles. The number of amides is 1. The molecule has 1 amide bonds. The van der Waals surface area contributed by atoms with Crippen LogP contribution in [0.4, 0.5) is 5.69 Å². The Labute approximate surface area is 135 Å². The molecule has 0 saturated heterocycles. The van der Waals surface area contributed by atoms with Gasteiger partial charge in [-0.15, -0.1) is 0 Å². The third-order valence-corrected chi connectivity index (χ3v) is 3.86. The summed E-state index contributed by atoms with van der Waals surface area (Å²) in [5, 5.41) is 0. The van der Waals surface area contributed by atoms with Gasteiger partial charge in [0.15, 0.2) is 0 Å². The number of carbonyl (C=O) groups is 2. The lowest BCUT2D eigenvalue weighted by Crippen LogP contribution is -2.32. The first-order chi connectivity index (χ1) is 11.1. The van der Waals surface area contributed by atoms with Crippen molar-refractivity contribution >= 4 is 17.4 Å². The molecule has 1 heterocycles. The first kappa shape index (κ1) is 15.1. The minimum atomic E-state index is -0.0499. The predicted octanol–water partition coefficient (Wildman–Crippen LogP) is 3.30. The molecule has 0 bridgehead atoms. The zero-order chi connectivity index (χ0) is 16.2. The van der Waals surface area contributed by atoms with Gasteiger partial charge in [-0.05, 0) is 30.7 Å². The summed E-state index contributed by atoms with van der Waals surface area (Å²) in [6.07, 6.45) is 0.490. The molecule has 114 valence electrons. The van der Waals surface area contributed by atoms with Crippen molar-refractivity contribution in [3.8, 4) is 11.8 Å². The fourth-order valence-electron chi connectivity index (χ4n) is 2.63. The lowest BCUT2D eigenvalue weighted by Gasteiger charge is -2.26. The Morgan fingerprint density at radius 3 is 2.39 bits per heavy atom. The molecule has 0 fully saturated rings. The molecule has 0 atom stereocenters. The monoisotopic (exact) mass is 303 g/mol. The van der Waals surface area contributed by atoms with Crippen LogP contribution in [0.5, 0.6) is 0 Å². The second-order valence-electron chi connectivity index (χ2n) is 5.61. The second-order valence-corrected chi connectivity index (χ2v) is 5.61. The zero-order valence-corrected chi connectivity index (χ0v) is 13.0. The van der Waals surface area contributed by atoms with Crippen molar-refractivity contribution in [2.24, 2.45) is 0 Å². The van der Waals surface area contributed by atoms with E-state index in [0.29, 0.717) is 6.54 Å².